The quantitative estimate of drug-likeness (QED) is 0.452. The highest BCUT2D eigenvalue weighted by Gasteiger charge is 2.18. The molecule has 15 heavy (non-hydrogen) atoms. The fraction of sp³-hybridized carbons (Fsp3) is 0.400. The zero-order chi connectivity index (χ0) is 10.8. The van der Waals surface area contributed by atoms with E-state index in [2.05, 4.69) is 5.32 Å². The third-order valence-corrected chi connectivity index (χ3v) is 2.63. The number of hydrogen-bond acceptors (Lipinski definition) is 4. The minimum absolute atomic E-state index is 0.0387. The predicted molar refractivity (Wildman–Crippen MR) is 58.8 cm³/mol. The fourth-order valence-electron chi connectivity index (χ4n) is 1.61. The Labute approximate surface area is 87.4 Å². The van der Waals surface area contributed by atoms with Crippen LogP contribution in [0.1, 0.15) is 19.3 Å². The second kappa shape index (κ2) is 3.76. The van der Waals surface area contributed by atoms with Crippen LogP contribution in [-0.2, 0) is 0 Å². The van der Waals surface area contributed by atoms with E-state index in [0.29, 0.717) is 11.7 Å². The molecule has 5 nitrogen and oxygen atoms in total. The summed E-state index contributed by atoms with van der Waals surface area (Å²) in [6, 6.07) is 5.07. The van der Waals surface area contributed by atoms with E-state index in [9.17, 15) is 10.1 Å². The van der Waals surface area contributed by atoms with Gasteiger partial charge in [0, 0.05) is 29.5 Å². The number of anilines is 2. The summed E-state index contributed by atoms with van der Waals surface area (Å²) in [7, 11) is 0. The molecule has 80 valence electrons. The standard InChI is InChI=1S/C10H13N3O2/c11-7-4-9(12-8-2-1-3-8)6-10(5-7)13(14)15/h4-6,8,12H,1-3,11H2. The molecule has 0 bridgehead atoms. The number of nitrogen functional groups attached to an aromatic ring is 1. The molecule has 1 fully saturated rings. The van der Waals surface area contributed by atoms with Crippen LogP contribution in [-0.4, -0.2) is 11.0 Å². The van der Waals surface area contributed by atoms with Crippen molar-refractivity contribution in [3.05, 3.63) is 28.3 Å². The van der Waals surface area contributed by atoms with E-state index in [4.69, 9.17) is 5.73 Å². The maximum absolute atomic E-state index is 10.6. The molecular weight excluding hydrogens is 194 g/mol. The van der Waals surface area contributed by atoms with Crippen LogP contribution in [0, 0.1) is 10.1 Å². The van der Waals surface area contributed by atoms with E-state index in [0.717, 1.165) is 18.5 Å². The summed E-state index contributed by atoms with van der Waals surface area (Å²) >= 11 is 0. The fourth-order valence-corrected chi connectivity index (χ4v) is 1.61. The molecule has 0 radical (unpaired) electrons. The molecule has 1 aliphatic carbocycles. The van der Waals surface area contributed by atoms with Gasteiger partial charge in [-0.3, -0.25) is 10.1 Å². The SMILES string of the molecule is Nc1cc(NC2CCC2)cc([N+](=O)[O-])c1. The first-order valence-electron chi connectivity index (χ1n) is 4.96. The average Bonchev–Trinajstić information content (AvgIpc) is 2.10. The maximum atomic E-state index is 10.6. The van der Waals surface area contributed by atoms with Crippen molar-refractivity contribution in [3.8, 4) is 0 Å². The van der Waals surface area contributed by atoms with Crippen molar-refractivity contribution in [2.75, 3.05) is 11.1 Å². The van der Waals surface area contributed by atoms with Crippen LogP contribution in [0.2, 0.25) is 0 Å². The van der Waals surface area contributed by atoms with Crippen molar-refractivity contribution in [2.45, 2.75) is 25.3 Å². The van der Waals surface area contributed by atoms with Crippen LogP contribution >= 0.6 is 0 Å². The molecule has 1 saturated carbocycles. The summed E-state index contributed by atoms with van der Waals surface area (Å²) in [6.07, 6.45) is 3.48. The smallest absolute Gasteiger partial charge is 0.273 e. The summed E-state index contributed by atoms with van der Waals surface area (Å²) in [5, 5.41) is 13.8. The molecule has 2 rings (SSSR count). The molecule has 1 aromatic carbocycles. The summed E-state index contributed by atoms with van der Waals surface area (Å²) in [4.78, 5) is 10.2. The van der Waals surface area contributed by atoms with E-state index in [1.54, 1.807) is 6.07 Å². The molecule has 5 heteroatoms. The Morgan fingerprint density at radius 1 is 1.40 bits per heavy atom. The van der Waals surface area contributed by atoms with Gasteiger partial charge in [0.25, 0.3) is 5.69 Å². The molecule has 0 amide bonds. The second-order valence-electron chi connectivity index (χ2n) is 3.84. The Morgan fingerprint density at radius 2 is 2.13 bits per heavy atom. The lowest BCUT2D eigenvalue weighted by atomic mass is 9.93. The first kappa shape index (κ1) is 9.76. The molecule has 0 aliphatic heterocycles. The number of rotatable bonds is 3. The molecule has 0 atom stereocenters. The van der Waals surface area contributed by atoms with Crippen LogP contribution in [0.15, 0.2) is 18.2 Å². The van der Waals surface area contributed by atoms with Crippen LogP contribution < -0.4 is 11.1 Å². The molecule has 1 aliphatic rings. The zero-order valence-corrected chi connectivity index (χ0v) is 8.27. The minimum atomic E-state index is -0.428. The number of benzene rings is 1. The summed E-state index contributed by atoms with van der Waals surface area (Å²) in [5.74, 6) is 0. The molecule has 1 aromatic rings. The highest BCUT2D eigenvalue weighted by molar-refractivity contribution is 5.61. The monoisotopic (exact) mass is 207 g/mol. The van der Waals surface area contributed by atoms with Gasteiger partial charge in [-0.25, -0.2) is 0 Å². The van der Waals surface area contributed by atoms with E-state index in [1.807, 2.05) is 0 Å². The predicted octanol–water partition coefficient (Wildman–Crippen LogP) is 2.14. The topological polar surface area (TPSA) is 81.2 Å². The lowest BCUT2D eigenvalue weighted by molar-refractivity contribution is -0.384. The van der Waals surface area contributed by atoms with Crippen LogP contribution in [0.5, 0.6) is 0 Å². The van der Waals surface area contributed by atoms with Crippen molar-refractivity contribution >= 4 is 17.1 Å². The minimum Gasteiger partial charge on any atom is -0.398 e. The second-order valence-corrected chi connectivity index (χ2v) is 3.84. The van der Waals surface area contributed by atoms with Gasteiger partial charge in [-0.2, -0.15) is 0 Å². The third kappa shape index (κ3) is 2.18. The summed E-state index contributed by atoms with van der Waals surface area (Å²) < 4.78 is 0. The summed E-state index contributed by atoms with van der Waals surface area (Å²) in [5.41, 5.74) is 6.79. The van der Waals surface area contributed by atoms with Crippen molar-refractivity contribution < 1.29 is 4.92 Å². The van der Waals surface area contributed by atoms with Gasteiger partial charge in [0.2, 0.25) is 0 Å². The van der Waals surface area contributed by atoms with Gasteiger partial charge in [-0.05, 0) is 25.3 Å². The van der Waals surface area contributed by atoms with Gasteiger partial charge in [0.1, 0.15) is 0 Å². The lowest BCUT2D eigenvalue weighted by Gasteiger charge is -2.27. The number of non-ortho nitro benzene ring substituents is 1. The first-order valence-corrected chi connectivity index (χ1v) is 4.96. The molecule has 0 aromatic heterocycles. The van der Waals surface area contributed by atoms with Gasteiger partial charge in [0.15, 0.2) is 0 Å². The van der Waals surface area contributed by atoms with Gasteiger partial charge >= 0.3 is 0 Å². The normalized spacial score (nSPS) is 15.7. The Morgan fingerprint density at radius 3 is 2.67 bits per heavy atom. The van der Waals surface area contributed by atoms with Crippen LogP contribution in [0.25, 0.3) is 0 Å². The van der Waals surface area contributed by atoms with Crippen molar-refractivity contribution in [2.24, 2.45) is 0 Å². The van der Waals surface area contributed by atoms with Gasteiger partial charge in [-0.1, -0.05) is 0 Å². The number of nitro benzene ring substituents is 1. The van der Waals surface area contributed by atoms with Crippen molar-refractivity contribution in [1.82, 2.24) is 0 Å². The van der Waals surface area contributed by atoms with E-state index < -0.39 is 4.92 Å². The van der Waals surface area contributed by atoms with Crippen molar-refractivity contribution in [1.29, 1.82) is 0 Å². The lowest BCUT2D eigenvalue weighted by Crippen LogP contribution is -2.26. The Balaban J connectivity index is 2.18. The first-order chi connectivity index (χ1) is 7.15. The Kier molecular flexibility index (Phi) is 2.45. The number of nitrogens with two attached hydrogens (primary N) is 1. The molecule has 3 N–H and O–H groups in total. The van der Waals surface area contributed by atoms with Gasteiger partial charge in [0.05, 0.1) is 4.92 Å². The molecule has 0 spiro atoms. The molecular formula is C10H13N3O2. The summed E-state index contributed by atoms with van der Waals surface area (Å²) in [6.45, 7) is 0. The highest BCUT2D eigenvalue weighted by atomic mass is 16.6. The van der Waals surface area contributed by atoms with Gasteiger partial charge < -0.3 is 11.1 Å². The molecule has 0 saturated heterocycles. The number of nitro groups is 1. The molecule has 0 unspecified atom stereocenters. The number of nitrogens with zero attached hydrogens (tertiary/aromatic N) is 1. The Hall–Kier alpha value is -1.78. The van der Waals surface area contributed by atoms with Crippen LogP contribution in [0.3, 0.4) is 0 Å². The Bertz CT molecular complexity index is 388. The van der Waals surface area contributed by atoms with Gasteiger partial charge in [-0.15, -0.1) is 0 Å². The largest absolute Gasteiger partial charge is 0.398 e. The number of nitrogens with one attached hydrogen (secondary N) is 1. The van der Waals surface area contributed by atoms with E-state index in [1.165, 1.54) is 18.6 Å². The average molecular weight is 207 g/mol. The van der Waals surface area contributed by atoms with E-state index >= 15 is 0 Å². The third-order valence-electron chi connectivity index (χ3n) is 2.63. The molecule has 0 heterocycles. The van der Waals surface area contributed by atoms with Crippen LogP contribution in [0.4, 0.5) is 17.1 Å². The maximum Gasteiger partial charge on any atom is 0.273 e. The van der Waals surface area contributed by atoms with E-state index in [-0.39, 0.29) is 5.69 Å². The highest BCUT2D eigenvalue weighted by Crippen LogP contribution is 2.27. The number of hydrogen-bond donors (Lipinski definition) is 2. The zero-order valence-electron chi connectivity index (χ0n) is 8.27. The van der Waals surface area contributed by atoms with Crippen molar-refractivity contribution in [3.63, 3.8) is 0 Å².